The van der Waals surface area contributed by atoms with Gasteiger partial charge in [-0.05, 0) is 37.3 Å². The molecule has 0 bridgehead atoms. The van der Waals surface area contributed by atoms with Gasteiger partial charge in [0.15, 0.2) is 0 Å². The summed E-state index contributed by atoms with van der Waals surface area (Å²) in [4.78, 5) is 0. The molecular formula is C14H18F3N. The molecule has 4 heteroatoms. The van der Waals surface area contributed by atoms with Crippen LogP contribution in [0.2, 0.25) is 0 Å². The van der Waals surface area contributed by atoms with Gasteiger partial charge in [-0.15, -0.1) is 0 Å². The van der Waals surface area contributed by atoms with Gasteiger partial charge >= 0.3 is 6.18 Å². The molecular weight excluding hydrogens is 239 g/mol. The molecule has 1 aliphatic carbocycles. The summed E-state index contributed by atoms with van der Waals surface area (Å²) in [5.74, 6) is 0. The van der Waals surface area contributed by atoms with Gasteiger partial charge in [-0.3, -0.25) is 5.32 Å². The van der Waals surface area contributed by atoms with Crippen LogP contribution in [0.15, 0.2) is 24.3 Å². The third-order valence-electron chi connectivity index (χ3n) is 3.67. The van der Waals surface area contributed by atoms with Crippen LogP contribution in [0.3, 0.4) is 0 Å². The van der Waals surface area contributed by atoms with Crippen molar-refractivity contribution in [1.82, 2.24) is 5.32 Å². The van der Waals surface area contributed by atoms with Gasteiger partial charge in [0, 0.05) is 6.04 Å². The third-order valence-corrected chi connectivity index (χ3v) is 3.67. The van der Waals surface area contributed by atoms with Crippen LogP contribution in [-0.2, 0) is 6.42 Å². The maximum Gasteiger partial charge on any atom is 0.406 e. The number of alkyl halides is 3. The molecule has 0 heterocycles. The number of benzene rings is 1. The minimum Gasteiger partial charge on any atom is -0.297 e. The number of hydrogen-bond donors (Lipinski definition) is 1. The molecule has 1 unspecified atom stereocenters. The molecule has 0 aromatic heterocycles. The van der Waals surface area contributed by atoms with Gasteiger partial charge in [0.25, 0.3) is 0 Å². The lowest BCUT2D eigenvalue weighted by Gasteiger charge is -2.25. The minimum atomic E-state index is -4.15. The number of aryl methyl sites for hydroxylation is 1. The summed E-state index contributed by atoms with van der Waals surface area (Å²) in [6.45, 7) is 3.84. The standard InChI is InChI=1S/C14H18F3N/c1-3-11-4-6-12(7-5-11)10(2)18-13(8-9-13)14(15,16)17/h4-7,10,18H,3,8-9H2,1-2H3. The topological polar surface area (TPSA) is 12.0 Å². The Bertz CT molecular complexity index is 404. The van der Waals surface area contributed by atoms with Gasteiger partial charge in [0.1, 0.15) is 5.54 Å². The fourth-order valence-electron chi connectivity index (χ4n) is 2.17. The number of halogens is 3. The van der Waals surface area contributed by atoms with E-state index in [2.05, 4.69) is 12.2 Å². The highest BCUT2D eigenvalue weighted by molar-refractivity contribution is 5.25. The van der Waals surface area contributed by atoms with Crippen molar-refractivity contribution in [1.29, 1.82) is 0 Å². The maximum atomic E-state index is 12.8. The van der Waals surface area contributed by atoms with Gasteiger partial charge in [0.2, 0.25) is 0 Å². The minimum absolute atomic E-state index is 0.188. The van der Waals surface area contributed by atoms with Crippen LogP contribution in [0.4, 0.5) is 13.2 Å². The van der Waals surface area contributed by atoms with Crippen molar-refractivity contribution < 1.29 is 13.2 Å². The van der Waals surface area contributed by atoms with E-state index in [9.17, 15) is 13.2 Å². The van der Waals surface area contributed by atoms with Gasteiger partial charge < -0.3 is 0 Å². The highest BCUT2D eigenvalue weighted by Crippen LogP contribution is 2.50. The van der Waals surface area contributed by atoms with Gasteiger partial charge in [-0.2, -0.15) is 13.2 Å². The summed E-state index contributed by atoms with van der Waals surface area (Å²) in [7, 11) is 0. The van der Waals surface area contributed by atoms with E-state index in [4.69, 9.17) is 0 Å². The molecule has 0 saturated heterocycles. The van der Waals surface area contributed by atoms with E-state index in [0.29, 0.717) is 0 Å². The van der Waals surface area contributed by atoms with Crippen molar-refractivity contribution in [3.8, 4) is 0 Å². The molecule has 1 nitrogen and oxygen atoms in total. The second-order valence-electron chi connectivity index (χ2n) is 5.04. The Morgan fingerprint density at radius 1 is 1.22 bits per heavy atom. The predicted octanol–water partition coefficient (Wildman–Crippen LogP) is 3.99. The SMILES string of the molecule is CCc1ccc(C(C)NC2(C(F)(F)F)CC2)cc1. The first-order valence-corrected chi connectivity index (χ1v) is 6.31. The third kappa shape index (κ3) is 2.53. The van der Waals surface area contributed by atoms with Crippen molar-refractivity contribution in [3.63, 3.8) is 0 Å². The monoisotopic (exact) mass is 257 g/mol. The Hall–Kier alpha value is -1.03. The van der Waals surface area contributed by atoms with E-state index in [0.717, 1.165) is 12.0 Å². The van der Waals surface area contributed by atoms with Crippen LogP contribution in [0.1, 0.15) is 43.9 Å². The van der Waals surface area contributed by atoms with E-state index in [-0.39, 0.29) is 18.9 Å². The number of hydrogen-bond acceptors (Lipinski definition) is 1. The molecule has 0 radical (unpaired) electrons. The molecule has 1 aromatic carbocycles. The second-order valence-corrected chi connectivity index (χ2v) is 5.04. The summed E-state index contributed by atoms with van der Waals surface area (Å²) >= 11 is 0. The van der Waals surface area contributed by atoms with Crippen molar-refractivity contribution >= 4 is 0 Å². The lowest BCUT2D eigenvalue weighted by molar-refractivity contribution is -0.167. The van der Waals surface area contributed by atoms with Crippen LogP contribution in [0, 0.1) is 0 Å². The summed E-state index contributed by atoms with van der Waals surface area (Å²) in [5, 5.41) is 2.74. The highest BCUT2D eigenvalue weighted by Gasteiger charge is 2.63. The zero-order chi connectivity index (χ0) is 13.4. The quantitative estimate of drug-likeness (QED) is 0.859. The number of nitrogens with one attached hydrogen (secondary N) is 1. The van der Waals surface area contributed by atoms with Crippen LogP contribution < -0.4 is 5.32 Å². The van der Waals surface area contributed by atoms with Crippen LogP contribution >= 0.6 is 0 Å². The lowest BCUT2D eigenvalue weighted by atomic mass is 10.0. The molecule has 1 aromatic rings. The maximum absolute atomic E-state index is 12.8. The molecule has 0 amide bonds. The molecule has 1 saturated carbocycles. The van der Waals surface area contributed by atoms with Crippen molar-refractivity contribution in [3.05, 3.63) is 35.4 Å². The fourth-order valence-corrected chi connectivity index (χ4v) is 2.17. The zero-order valence-corrected chi connectivity index (χ0v) is 10.6. The van der Waals surface area contributed by atoms with E-state index in [1.165, 1.54) is 5.56 Å². The first kappa shape index (κ1) is 13.4. The Labute approximate surface area is 105 Å². The normalized spacial score (nSPS) is 19.6. The summed E-state index contributed by atoms with van der Waals surface area (Å²) in [6, 6.07) is 7.48. The van der Waals surface area contributed by atoms with E-state index >= 15 is 0 Å². The molecule has 18 heavy (non-hydrogen) atoms. The Kier molecular flexibility index (Phi) is 3.41. The van der Waals surface area contributed by atoms with E-state index in [1.807, 2.05) is 24.3 Å². The van der Waals surface area contributed by atoms with E-state index in [1.54, 1.807) is 6.92 Å². The Morgan fingerprint density at radius 2 is 1.78 bits per heavy atom. The van der Waals surface area contributed by atoms with Gasteiger partial charge in [0.05, 0.1) is 0 Å². The Morgan fingerprint density at radius 3 is 2.17 bits per heavy atom. The van der Waals surface area contributed by atoms with E-state index < -0.39 is 11.7 Å². The van der Waals surface area contributed by atoms with Crippen LogP contribution in [-0.4, -0.2) is 11.7 Å². The predicted molar refractivity (Wildman–Crippen MR) is 65.4 cm³/mol. The first-order valence-electron chi connectivity index (χ1n) is 6.31. The van der Waals surface area contributed by atoms with Gasteiger partial charge in [-0.25, -0.2) is 0 Å². The average Bonchev–Trinajstić information content (AvgIpc) is 3.09. The van der Waals surface area contributed by atoms with Crippen LogP contribution in [0.25, 0.3) is 0 Å². The molecule has 0 aliphatic heterocycles. The largest absolute Gasteiger partial charge is 0.406 e. The Balaban J connectivity index is 2.06. The molecule has 1 aliphatic rings. The average molecular weight is 257 g/mol. The van der Waals surface area contributed by atoms with Crippen molar-refractivity contribution in [2.45, 2.75) is 50.9 Å². The molecule has 1 atom stereocenters. The first-order chi connectivity index (χ1) is 8.38. The van der Waals surface area contributed by atoms with Crippen molar-refractivity contribution in [2.24, 2.45) is 0 Å². The molecule has 100 valence electrons. The molecule has 0 spiro atoms. The number of rotatable bonds is 4. The summed E-state index contributed by atoms with van der Waals surface area (Å²) in [5.41, 5.74) is 0.459. The summed E-state index contributed by atoms with van der Waals surface area (Å²) in [6.07, 6.45) is -2.83. The van der Waals surface area contributed by atoms with Crippen LogP contribution in [0.5, 0.6) is 0 Å². The molecule has 2 rings (SSSR count). The van der Waals surface area contributed by atoms with Gasteiger partial charge in [-0.1, -0.05) is 31.2 Å². The molecule has 1 N–H and O–H groups in total. The summed E-state index contributed by atoms with van der Waals surface area (Å²) < 4.78 is 38.5. The lowest BCUT2D eigenvalue weighted by Crippen LogP contribution is -2.45. The van der Waals surface area contributed by atoms with Crippen molar-refractivity contribution in [2.75, 3.05) is 0 Å². The second kappa shape index (κ2) is 4.57. The zero-order valence-electron chi connectivity index (χ0n) is 10.6. The molecule has 1 fully saturated rings. The smallest absolute Gasteiger partial charge is 0.297 e. The fraction of sp³-hybridized carbons (Fsp3) is 0.571. The highest BCUT2D eigenvalue weighted by atomic mass is 19.4.